The van der Waals surface area contributed by atoms with E-state index in [9.17, 15) is 0 Å². The van der Waals surface area contributed by atoms with Gasteiger partial charge in [0.2, 0.25) is 0 Å². The highest BCUT2D eigenvalue weighted by Crippen LogP contribution is 2.35. The molecule has 3 heteroatoms. The molecule has 2 nitrogen and oxygen atoms in total. The zero-order chi connectivity index (χ0) is 13.9. The predicted octanol–water partition coefficient (Wildman–Crippen LogP) is 4.80. The van der Waals surface area contributed by atoms with E-state index in [-0.39, 0.29) is 0 Å². The van der Waals surface area contributed by atoms with Crippen LogP contribution < -0.4 is 0 Å². The fraction of sp³-hybridized carbons (Fsp3) is 0.588. The SMILES string of the molecule is CCn1nc(CC(CBr)C2CCCC2)c2ccccc21. The monoisotopic (exact) mass is 334 g/mol. The summed E-state index contributed by atoms with van der Waals surface area (Å²) in [7, 11) is 0. The predicted molar refractivity (Wildman–Crippen MR) is 88.4 cm³/mol. The maximum atomic E-state index is 4.86. The van der Waals surface area contributed by atoms with Crippen LogP contribution in [0.5, 0.6) is 0 Å². The van der Waals surface area contributed by atoms with Crippen molar-refractivity contribution in [2.24, 2.45) is 11.8 Å². The average Bonchev–Trinajstić information content (AvgIpc) is 3.13. The van der Waals surface area contributed by atoms with Crippen molar-refractivity contribution in [3.05, 3.63) is 30.0 Å². The van der Waals surface area contributed by atoms with Crippen molar-refractivity contribution in [3.63, 3.8) is 0 Å². The number of rotatable bonds is 5. The minimum Gasteiger partial charge on any atom is -0.265 e. The van der Waals surface area contributed by atoms with Gasteiger partial charge in [0.05, 0.1) is 11.2 Å². The van der Waals surface area contributed by atoms with Crippen molar-refractivity contribution < 1.29 is 0 Å². The molecule has 108 valence electrons. The van der Waals surface area contributed by atoms with Gasteiger partial charge in [-0.15, -0.1) is 0 Å². The smallest absolute Gasteiger partial charge is 0.0706 e. The number of aromatic nitrogens is 2. The molecule has 0 saturated heterocycles. The highest BCUT2D eigenvalue weighted by atomic mass is 79.9. The summed E-state index contributed by atoms with van der Waals surface area (Å²) in [4.78, 5) is 0. The van der Waals surface area contributed by atoms with E-state index in [1.165, 1.54) is 42.3 Å². The molecule has 0 amide bonds. The second-order valence-corrected chi connectivity index (χ2v) is 6.59. The Kier molecular flexibility index (Phi) is 4.45. The fourth-order valence-corrected chi connectivity index (χ4v) is 4.37. The van der Waals surface area contributed by atoms with Gasteiger partial charge in [0, 0.05) is 17.3 Å². The van der Waals surface area contributed by atoms with Crippen molar-refractivity contribution in [3.8, 4) is 0 Å². The zero-order valence-corrected chi connectivity index (χ0v) is 13.8. The van der Waals surface area contributed by atoms with E-state index >= 15 is 0 Å². The van der Waals surface area contributed by atoms with Crippen LogP contribution in [0.15, 0.2) is 24.3 Å². The first-order valence-electron chi connectivity index (χ1n) is 7.84. The molecule has 0 N–H and O–H groups in total. The van der Waals surface area contributed by atoms with E-state index in [1.807, 2.05) is 0 Å². The summed E-state index contributed by atoms with van der Waals surface area (Å²) < 4.78 is 2.14. The first-order valence-corrected chi connectivity index (χ1v) is 8.96. The quantitative estimate of drug-likeness (QED) is 0.718. The molecule has 1 aromatic carbocycles. The van der Waals surface area contributed by atoms with Crippen LogP contribution in [-0.4, -0.2) is 15.1 Å². The standard InChI is InChI=1S/C17H23BrN2/c1-2-20-17-10-6-5-9-15(17)16(19-20)11-14(12-18)13-7-3-4-8-13/h5-6,9-10,13-14H,2-4,7-8,11-12H2,1H3. The summed E-state index contributed by atoms with van der Waals surface area (Å²) in [6.07, 6.45) is 6.76. The van der Waals surface area contributed by atoms with Crippen LogP contribution >= 0.6 is 15.9 Å². The molecular weight excluding hydrogens is 312 g/mol. The van der Waals surface area contributed by atoms with Gasteiger partial charge in [0.1, 0.15) is 0 Å². The zero-order valence-electron chi connectivity index (χ0n) is 12.2. The van der Waals surface area contributed by atoms with Gasteiger partial charge in [-0.25, -0.2) is 0 Å². The molecule has 3 rings (SSSR count). The lowest BCUT2D eigenvalue weighted by atomic mass is 9.88. The van der Waals surface area contributed by atoms with Gasteiger partial charge in [-0.2, -0.15) is 5.10 Å². The molecule has 2 aromatic rings. The summed E-state index contributed by atoms with van der Waals surface area (Å²) >= 11 is 3.74. The molecule has 0 radical (unpaired) electrons. The highest BCUT2D eigenvalue weighted by Gasteiger charge is 2.25. The molecule has 1 heterocycles. The Labute approximate surface area is 129 Å². The van der Waals surface area contributed by atoms with Crippen LogP contribution in [-0.2, 0) is 13.0 Å². The summed E-state index contributed by atoms with van der Waals surface area (Å²) in [5.41, 5.74) is 2.57. The van der Waals surface area contributed by atoms with Crippen molar-refractivity contribution in [1.29, 1.82) is 0 Å². The Balaban J connectivity index is 1.89. The van der Waals surface area contributed by atoms with E-state index in [2.05, 4.69) is 51.8 Å². The molecule has 1 unspecified atom stereocenters. The van der Waals surface area contributed by atoms with Crippen molar-refractivity contribution in [2.75, 3.05) is 5.33 Å². The number of nitrogens with zero attached hydrogens (tertiary/aromatic N) is 2. The second kappa shape index (κ2) is 6.30. The van der Waals surface area contributed by atoms with Crippen molar-refractivity contribution in [2.45, 2.75) is 45.6 Å². The topological polar surface area (TPSA) is 17.8 Å². The molecule has 1 saturated carbocycles. The van der Waals surface area contributed by atoms with E-state index < -0.39 is 0 Å². The first kappa shape index (κ1) is 14.1. The van der Waals surface area contributed by atoms with Gasteiger partial charge in [-0.3, -0.25) is 4.68 Å². The third kappa shape index (κ3) is 2.65. The minimum atomic E-state index is 0.737. The van der Waals surface area contributed by atoms with Gasteiger partial charge in [0.15, 0.2) is 0 Å². The second-order valence-electron chi connectivity index (χ2n) is 5.94. The Hall–Kier alpha value is -0.830. The number of benzene rings is 1. The number of fused-ring (bicyclic) bond motifs is 1. The molecule has 20 heavy (non-hydrogen) atoms. The van der Waals surface area contributed by atoms with E-state index in [0.717, 1.165) is 30.1 Å². The molecule has 1 atom stereocenters. The number of hydrogen-bond acceptors (Lipinski definition) is 1. The molecule has 1 aliphatic carbocycles. The van der Waals surface area contributed by atoms with Crippen LogP contribution in [0.4, 0.5) is 0 Å². The van der Waals surface area contributed by atoms with Gasteiger partial charge in [-0.1, -0.05) is 59.8 Å². The number of alkyl halides is 1. The minimum absolute atomic E-state index is 0.737. The third-order valence-electron chi connectivity index (χ3n) is 4.75. The molecular formula is C17H23BrN2. The Morgan fingerprint density at radius 1 is 1.30 bits per heavy atom. The summed E-state index contributed by atoms with van der Waals surface area (Å²) in [6.45, 7) is 3.12. The fourth-order valence-electron chi connectivity index (χ4n) is 3.61. The summed E-state index contributed by atoms with van der Waals surface area (Å²) in [5.74, 6) is 1.63. The maximum Gasteiger partial charge on any atom is 0.0706 e. The summed E-state index contributed by atoms with van der Waals surface area (Å²) in [5, 5.41) is 7.31. The molecule has 1 fully saturated rings. The Morgan fingerprint density at radius 3 is 2.75 bits per heavy atom. The van der Waals surface area contributed by atoms with Gasteiger partial charge >= 0.3 is 0 Å². The molecule has 0 spiro atoms. The van der Waals surface area contributed by atoms with Crippen LogP contribution in [0.1, 0.15) is 38.3 Å². The van der Waals surface area contributed by atoms with Gasteiger partial charge < -0.3 is 0 Å². The lowest BCUT2D eigenvalue weighted by Crippen LogP contribution is -2.16. The molecule has 1 aromatic heterocycles. The van der Waals surface area contributed by atoms with Crippen LogP contribution in [0, 0.1) is 11.8 Å². The van der Waals surface area contributed by atoms with Crippen LogP contribution in [0.3, 0.4) is 0 Å². The molecule has 0 bridgehead atoms. The highest BCUT2D eigenvalue weighted by molar-refractivity contribution is 9.09. The van der Waals surface area contributed by atoms with E-state index in [4.69, 9.17) is 5.10 Å². The van der Waals surface area contributed by atoms with Crippen LogP contribution in [0.2, 0.25) is 0 Å². The average molecular weight is 335 g/mol. The largest absolute Gasteiger partial charge is 0.265 e. The molecule has 0 aliphatic heterocycles. The first-order chi connectivity index (χ1) is 9.83. The lowest BCUT2D eigenvalue weighted by Gasteiger charge is -2.20. The number of hydrogen-bond donors (Lipinski definition) is 0. The normalized spacial score (nSPS) is 17.9. The number of halogens is 1. The summed E-state index contributed by atoms with van der Waals surface area (Å²) in [6, 6.07) is 8.66. The van der Waals surface area contributed by atoms with E-state index in [0.29, 0.717) is 0 Å². The Bertz CT molecular complexity index is 569. The van der Waals surface area contributed by atoms with Crippen molar-refractivity contribution in [1.82, 2.24) is 9.78 Å². The Morgan fingerprint density at radius 2 is 2.05 bits per heavy atom. The lowest BCUT2D eigenvalue weighted by molar-refractivity contribution is 0.370. The number of para-hydroxylation sites is 1. The third-order valence-corrected chi connectivity index (χ3v) is 5.59. The number of aryl methyl sites for hydroxylation is 1. The van der Waals surface area contributed by atoms with E-state index in [1.54, 1.807) is 0 Å². The van der Waals surface area contributed by atoms with Crippen LogP contribution in [0.25, 0.3) is 10.9 Å². The maximum absolute atomic E-state index is 4.86. The van der Waals surface area contributed by atoms with Crippen molar-refractivity contribution >= 4 is 26.8 Å². The van der Waals surface area contributed by atoms with Gasteiger partial charge in [-0.05, 0) is 31.2 Å². The molecule has 1 aliphatic rings. The van der Waals surface area contributed by atoms with Gasteiger partial charge in [0.25, 0.3) is 0 Å².